The zero-order valence-corrected chi connectivity index (χ0v) is 17.2. The van der Waals surface area contributed by atoms with Crippen LogP contribution in [0.1, 0.15) is 24.0 Å². The standard InChI is InChI=1S/C24H31N3O2/c1-26(17-14-21-11-6-3-7-12-21)23(28)19-22-24(29)25-15-18-27(22)16-8-13-20-9-4-2-5-10-20/h2-7,9-12,22H,8,13-19H2,1H3,(H,25,29)/t22-/m0/s1. The van der Waals surface area contributed by atoms with Crippen LogP contribution in [-0.2, 0) is 22.4 Å². The Labute approximate surface area is 173 Å². The molecule has 2 aromatic carbocycles. The number of hydrogen-bond acceptors (Lipinski definition) is 3. The first-order valence-corrected chi connectivity index (χ1v) is 10.5. The lowest BCUT2D eigenvalue weighted by atomic mass is 10.1. The van der Waals surface area contributed by atoms with Crippen molar-refractivity contribution >= 4 is 11.8 Å². The van der Waals surface area contributed by atoms with Crippen LogP contribution in [0.25, 0.3) is 0 Å². The molecule has 5 nitrogen and oxygen atoms in total. The van der Waals surface area contributed by atoms with E-state index in [0.717, 1.165) is 32.4 Å². The molecule has 1 fully saturated rings. The number of likely N-dealkylation sites (N-methyl/N-ethyl adjacent to an activating group) is 1. The van der Waals surface area contributed by atoms with Crippen molar-refractivity contribution in [1.82, 2.24) is 15.1 Å². The van der Waals surface area contributed by atoms with Gasteiger partial charge in [0.05, 0.1) is 12.5 Å². The number of carbonyl (C=O) groups is 2. The molecule has 1 saturated heterocycles. The number of nitrogens with zero attached hydrogens (tertiary/aromatic N) is 2. The largest absolute Gasteiger partial charge is 0.353 e. The van der Waals surface area contributed by atoms with Crippen molar-refractivity contribution in [2.24, 2.45) is 0 Å². The lowest BCUT2D eigenvalue weighted by molar-refractivity contribution is -0.138. The van der Waals surface area contributed by atoms with Crippen molar-refractivity contribution < 1.29 is 9.59 Å². The third-order valence-corrected chi connectivity index (χ3v) is 5.57. The van der Waals surface area contributed by atoms with Crippen LogP contribution in [-0.4, -0.2) is 60.9 Å². The summed E-state index contributed by atoms with van der Waals surface area (Å²) >= 11 is 0. The second kappa shape index (κ2) is 10.8. The molecule has 1 atom stereocenters. The van der Waals surface area contributed by atoms with Crippen molar-refractivity contribution in [2.75, 3.05) is 33.2 Å². The summed E-state index contributed by atoms with van der Waals surface area (Å²) in [6.07, 6.45) is 3.02. The van der Waals surface area contributed by atoms with Gasteiger partial charge in [-0.1, -0.05) is 60.7 Å². The van der Waals surface area contributed by atoms with Gasteiger partial charge in [0.15, 0.2) is 0 Å². The minimum atomic E-state index is -0.369. The summed E-state index contributed by atoms with van der Waals surface area (Å²) in [4.78, 5) is 29.1. The number of rotatable bonds is 9. The van der Waals surface area contributed by atoms with Crippen molar-refractivity contribution in [3.05, 3.63) is 71.8 Å². The fourth-order valence-corrected chi connectivity index (χ4v) is 3.77. The minimum absolute atomic E-state index is 0.0241. The summed E-state index contributed by atoms with van der Waals surface area (Å²) in [5.74, 6) is -0.00295. The van der Waals surface area contributed by atoms with Gasteiger partial charge >= 0.3 is 0 Å². The number of aryl methyl sites for hydroxylation is 1. The topological polar surface area (TPSA) is 52.7 Å². The fraction of sp³-hybridized carbons (Fsp3) is 0.417. The average molecular weight is 394 g/mol. The lowest BCUT2D eigenvalue weighted by Crippen LogP contribution is -2.56. The van der Waals surface area contributed by atoms with E-state index >= 15 is 0 Å². The Morgan fingerprint density at radius 3 is 2.31 bits per heavy atom. The third kappa shape index (κ3) is 6.43. The second-order valence-electron chi connectivity index (χ2n) is 7.69. The summed E-state index contributed by atoms with van der Waals surface area (Å²) in [6.45, 7) is 2.93. The first-order valence-electron chi connectivity index (χ1n) is 10.5. The van der Waals surface area contributed by atoms with Crippen molar-refractivity contribution in [2.45, 2.75) is 31.7 Å². The zero-order valence-electron chi connectivity index (χ0n) is 17.2. The summed E-state index contributed by atoms with van der Waals surface area (Å²) in [6, 6.07) is 20.2. The van der Waals surface area contributed by atoms with Gasteiger partial charge in [-0.25, -0.2) is 0 Å². The van der Waals surface area contributed by atoms with Crippen molar-refractivity contribution in [3.8, 4) is 0 Å². The van der Waals surface area contributed by atoms with Gasteiger partial charge in [-0.3, -0.25) is 14.5 Å². The SMILES string of the molecule is CN(CCc1ccccc1)C(=O)C[C@H]1C(=O)NCCN1CCCc1ccccc1. The molecule has 5 heteroatoms. The van der Waals surface area contributed by atoms with Gasteiger partial charge in [0.2, 0.25) is 11.8 Å². The molecular weight excluding hydrogens is 362 g/mol. The van der Waals surface area contributed by atoms with E-state index in [9.17, 15) is 9.59 Å². The Morgan fingerprint density at radius 2 is 1.66 bits per heavy atom. The Kier molecular flexibility index (Phi) is 7.82. The molecule has 1 aliphatic rings. The van der Waals surface area contributed by atoms with E-state index < -0.39 is 0 Å². The number of hydrogen-bond donors (Lipinski definition) is 1. The van der Waals surface area contributed by atoms with Gasteiger partial charge in [-0.05, 0) is 36.9 Å². The van der Waals surface area contributed by atoms with E-state index in [1.54, 1.807) is 4.90 Å². The van der Waals surface area contributed by atoms with E-state index in [4.69, 9.17) is 0 Å². The monoisotopic (exact) mass is 393 g/mol. The van der Waals surface area contributed by atoms with Crippen LogP contribution in [0.4, 0.5) is 0 Å². The first kappa shape index (κ1) is 21.1. The van der Waals surface area contributed by atoms with Crippen LogP contribution in [0, 0.1) is 0 Å². The zero-order chi connectivity index (χ0) is 20.5. The highest BCUT2D eigenvalue weighted by Gasteiger charge is 2.31. The number of carbonyl (C=O) groups excluding carboxylic acids is 2. The van der Waals surface area contributed by atoms with Gasteiger partial charge in [0, 0.05) is 26.7 Å². The quantitative estimate of drug-likeness (QED) is 0.712. The van der Waals surface area contributed by atoms with E-state index in [0.29, 0.717) is 13.1 Å². The molecule has 1 heterocycles. The lowest BCUT2D eigenvalue weighted by Gasteiger charge is -2.35. The maximum absolute atomic E-state index is 12.7. The molecule has 0 radical (unpaired) electrons. The van der Waals surface area contributed by atoms with Gasteiger partial charge in [0.25, 0.3) is 0 Å². The molecular formula is C24H31N3O2. The molecule has 1 aliphatic heterocycles. The molecule has 3 rings (SSSR count). The molecule has 0 saturated carbocycles. The van der Waals surface area contributed by atoms with Gasteiger partial charge in [0.1, 0.15) is 0 Å². The third-order valence-electron chi connectivity index (χ3n) is 5.57. The van der Waals surface area contributed by atoms with Crippen molar-refractivity contribution in [1.29, 1.82) is 0 Å². The maximum Gasteiger partial charge on any atom is 0.237 e. The van der Waals surface area contributed by atoms with E-state index in [2.05, 4.69) is 46.6 Å². The number of benzene rings is 2. The molecule has 0 bridgehead atoms. The van der Waals surface area contributed by atoms with E-state index in [1.165, 1.54) is 11.1 Å². The average Bonchev–Trinajstić information content (AvgIpc) is 2.75. The van der Waals surface area contributed by atoms with Crippen LogP contribution >= 0.6 is 0 Å². The van der Waals surface area contributed by atoms with Gasteiger partial charge < -0.3 is 10.2 Å². The van der Waals surface area contributed by atoms with Crippen molar-refractivity contribution in [3.63, 3.8) is 0 Å². The highest BCUT2D eigenvalue weighted by Crippen LogP contribution is 2.13. The predicted octanol–water partition coefficient (Wildman–Crippen LogP) is 2.51. The molecule has 2 aromatic rings. The molecule has 0 aromatic heterocycles. The molecule has 29 heavy (non-hydrogen) atoms. The van der Waals surface area contributed by atoms with E-state index in [-0.39, 0.29) is 24.3 Å². The normalized spacial score (nSPS) is 17.0. The molecule has 1 N–H and O–H groups in total. The summed E-state index contributed by atoms with van der Waals surface area (Å²) in [7, 11) is 1.83. The smallest absolute Gasteiger partial charge is 0.237 e. The molecule has 0 aliphatic carbocycles. The highest BCUT2D eigenvalue weighted by atomic mass is 16.2. The molecule has 2 amide bonds. The Morgan fingerprint density at radius 1 is 1.03 bits per heavy atom. The Hall–Kier alpha value is -2.66. The van der Waals surface area contributed by atoms with Crippen LogP contribution in [0.2, 0.25) is 0 Å². The van der Waals surface area contributed by atoms with Crippen LogP contribution < -0.4 is 5.32 Å². The number of nitrogens with one attached hydrogen (secondary N) is 1. The van der Waals surface area contributed by atoms with E-state index in [1.807, 2.05) is 31.3 Å². The van der Waals surface area contributed by atoms with Gasteiger partial charge in [-0.15, -0.1) is 0 Å². The second-order valence-corrected chi connectivity index (χ2v) is 7.69. The first-order chi connectivity index (χ1) is 14.1. The summed E-state index contributed by atoms with van der Waals surface area (Å²) in [5.41, 5.74) is 2.52. The Balaban J connectivity index is 1.50. The predicted molar refractivity (Wildman–Crippen MR) is 116 cm³/mol. The highest BCUT2D eigenvalue weighted by molar-refractivity contribution is 5.88. The molecule has 0 spiro atoms. The molecule has 154 valence electrons. The van der Waals surface area contributed by atoms with Crippen LogP contribution in [0.3, 0.4) is 0 Å². The summed E-state index contributed by atoms with van der Waals surface area (Å²) < 4.78 is 0. The maximum atomic E-state index is 12.7. The fourth-order valence-electron chi connectivity index (χ4n) is 3.77. The van der Waals surface area contributed by atoms with Crippen LogP contribution in [0.15, 0.2) is 60.7 Å². The van der Waals surface area contributed by atoms with Gasteiger partial charge in [-0.2, -0.15) is 0 Å². The van der Waals surface area contributed by atoms with Crippen LogP contribution in [0.5, 0.6) is 0 Å². The number of piperazine rings is 1. The Bertz CT molecular complexity index is 779. The number of amides is 2. The minimum Gasteiger partial charge on any atom is -0.353 e. The summed E-state index contributed by atoms with van der Waals surface area (Å²) in [5, 5.41) is 2.92. The molecule has 0 unspecified atom stereocenters.